The summed E-state index contributed by atoms with van der Waals surface area (Å²) in [7, 11) is 0. The van der Waals surface area contributed by atoms with Crippen LogP contribution < -0.4 is 10.5 Å². The number of carbonyl (C=O) groups is 1. The lowest BCUT2D eigenvalue weighted by Crippen LogP contribution is -2.40. The number of hydrogen-bond donors (Lipinski definition) is 2. The first-order valence-corrected chi connectivity index (χ1v) is 7.52. The molecule has 0 saturated carbocycles. The van der Waals surface area contributed by atoms with Crippen LogP contribution in [0.15, 0.2) is 18.2 Å². The zero-order valence-electron chi connectivity index (χ0n) is 12.7. The van der Waals surface area contributed by atoms with Gasteiger partial charge in [-0.2, -0.15) is 0 Å². The molecular formula is C16H24N2O3. The Morgan fingerprint density at radius 2 is 2.10 bits per heavy atom. The Labute approximate surface area is 125 Å². The van der Waals surface area contributed by atoms with E-state index in [1.807, 2.05) is 18.7 Å². The highest BCUT2D eigenvalue weighted by Gasteiger charge is 2.26. The van der Waals surface area contributed by atoms with Gasteiger partial charge in [-0.3, -0.25) is 4.79 Å². The van der Waals surface area contributed by atoms with Crippen LogP contribution in [-0.4, -0.2) is 41.7 Å². The molecule has 0 spiro atoms. The third-order valence-corrected chi connectivity index (χ3v) is 4.00. The molecule has 1 fully saturated rings. The number of anilines is 1. The molecule has 0 radical (unpaired) electrons. The van der Waals surface area contributed by atoms with Crippen molar-refractivity contribution in [3.8, 4) is 5.75 Å². The van der Waals surface area contributed by atoms with Gasteiger partial charge in [0.1, 0.15) is 5.75 Å². The predicted octanol–water partition coefficient (Wildman–Crippen LogP) is 1.90. The van der Waals surface area contributed by atoms with Crippen molar-refractivity contribution in [2.24, 2.45) is 5.92 Å². The number of benzene rings is 1. The van der Waals surface area contributed by atoms with Gasteiger partial charge in [0.05, 0.1) is 12.7 Å². The number of nitrogens with zero attached hydrogens (tertiary/aromatic N) is 1. The van der Waals surface area contributed by atoms with Crippen molar-refractivity contribution in [3.63, 3.8) is 0 Å². The zero-order chi connectivity index (χ0) is 15.4. The fraction of sp³-hybridized carbons (Fsp3) is 0.562. The molecule has 0 aromatic heterocycles. The van der Waals surface area contributed by atoms with Crippen molar-refractivity contribution in [1.82, 2.24) is 4.90 Å². The van der Waals surface area contributed by atoms with Crippen LogP contribution in [0.2, 0.25) is 0 Å². The molecular weight excluding hydrogens is 268 g/mol. The van der Waals surface area contributed by atoms with Crippen molar-refractivity contribution in [2.45, 2.75) is 32.8 Å². The zero-order valence-corrected chi connectivity index (χ0v) is 12.7. The second-order valence-corrected chi connectivity index (χ2v) is 5.59. The molecule has 1 atom stereocenters. The molecule has 0 aliphatic carbocycles. The normalized spacial score (nSPS) is 17.6. The third-order valence-electron chi connectivity index (χ3n) is 4.00. The monoisotopic (exact) mass is 292 g/mol. The number of aliphatic hydroxyl groups is 1. The smallest absolute Gasteiger partial charge is 0.254 e. The van der Waals surface area contributed by atoms with Crippen LogP contribution in [0, 0.1) is 5.92 Å². The van der Waals surface area contributed by atoms with E-state index in [9.17, 15) is 9.90 Å². The highest BCUT2D eigenvalue weighted by atomic mass is 16.5. The number of likely N-dealkylation sites (tertiary alicyclic amines) is 1. The number of rotatable bonds is 4. The number of amides is 1. The lowest BCUT2D eigenvalue weighted by molar-refractivity contribution is 0.0521. The number of piperidine rings is 1. The molecule has 21 heavy (non-hydrogen) atoms. The summed E-state index contributed by atoms with van der Waals surface area (Å²) in [5.74, 6) is 0.890. The van der Waals surface area contributed by atoms with Crippen molar-refractivity contribution < 1.29 is 14.6 Å². The maximum Gasteiger partial charge on any atom is 0.254 e. The van der Waals surface area contributed by atoms with Crippen LogP contribution >= 0.6 is 0 Å². The summed E-state index contributed by atoms with van der Waals surface area (Å²) in [6.45, 7) is 5.59. The van der Waals surface area contributed by atoms with Crippen LogP contribution in [0.4, 0.5) is 5.69 Å². The summed E-state index contributed by atoms with van der Waals surface area (Å²) < 4.78 is 5.43. The SMILES string of the molecule is CCOc1cc(N)cc(C(=O)N2CCC(C(C)O)CC2)c1. The number of nitrogens with two attached hydrogens (primary N) is 1. The molecule has 2 rings (SSSR count). The Hall–Kier alpha value is -1.75. The summed E-state index contributed by atoms with van der Waals surface area (Å²) in [6, 6.07) is 5.15. The van der Waals surface area contributed by atoms with Crippen LogP contribution in [0.5, 0.6) is 5.75 Å². The molecule has 5 nitrogen and oxygen atoms in total. The van der Waals surface area contributed by atoms with Gasteiger partial charge in [-0.15, -0.1) is 0 Å². The molecule has 116 valence electrons. The molecule has 5 heteroatoms. The Bertz CT molecular complexity index is 494. The first-order chi connectivity index (χ1) is 10.0. The van der Waals surface area contributed by atoms with E-state index in [-0.39, 0.29) is 17.9 Å². The second-order valence-electron chi connectivity index (χ2n) is 5.59. The van der Waals surface area contributed by atoms with Crippen molar-refractivity contribution in [2.75, 3.05) is 25.4 Å². The van der Waals surface area contributed by atoms with Crippen LogP contribution in [0.25, 0.3) is 0 Å². The van der Waals surface area contributed by atoms with E-state index in [1.165, 1.54) is 0 Å². The van der Waals surface area contributed by atoms with Gasteiger partial charge in [0.2, 0.25) is 0 Å². The highest BCUT2D eigenvalue weighted by molar-refractivity contribution is 5.95. The summed E-state index contributed by atoms with van der Waals surface area (Å²) >= 11 is 0. The number of hydrogen-bond acceptors (Lipinski definition) is 4. The minimum atomic E-state index is -0.306. The third kappa shape index (κ3) is 3.88. The Morgan fingerprint density at radius 3 is 2.67 bits per heavy atom. The predicted molar refractivity (Wildman–Crippen MR) is 82.3 cm³/mol. The van der Waals surface area contributed by atoms with Crippen molar-refractivity contribution in [1.29, 1.82) is 0 Å². The molecule has 0 bridgehead atoms. The van der Waals surface area contributed by atoms with E-state index in [2.05, 4.69) is 0 Å². The van der Waals surface area contributed by atoms with Crippen LogP contribution in [0.3, 0.4) is 0 Å². The standard InChI is InChI=1S/C16H24N2O3/c1-3-21-15-9-13(8-14(17)10-15)16(20)18-6-4-12(5-7-18)11(2)19/h8-12,19H,3-7,17H2,1-2H3. The average Bonchev–Trinajstić information content (AvgIpc) is 2.46. The van der Waals surface area contributed by atoms with E-state index >= 15 is 0 Å². The lowest BCUT2D eigenvalue weighted by Gasteiger charge is -2.33. The summed E-state index contributed by atoms with van der Waals surface area (Å²) in [5.41, 5.74) is 6.93. The minimum absolute atomic E-state index is 0.0210. The maximum absolute atomic E-state index is 12.5. The first kappa shape index (κ1) is 15.6. The Morgan fingerprint density at radius 1 is 1.43 bits per heavy atom. The molecule has 1 aliphatic heterocycles. The summed E-state index contributed by atoms with van der Waals surface area (Å²) in [6.07, 6.45) is 1.37. The number of ether oxygens (including phenoxy) is 1. The molecule has 1 aliphatic rings. The number of nitrogen functional groups attached to an aromatic ring is 1. The maximum atomic E-state index is 12.5. The van der Waals surface area contributed by atoms with E-state index < -0.39 is 0 Å². The van der Waals surface area contributed by atoms with Gasteiger partial charge in [-0.25, -0.2) is 0 Å². The Balaban J connectivity index is 2.07. The van der Waals surface area contributed by atoms with E-state index in [0.717, 1.165) is 12.8 Å². The Kier molecular flexibility index (Phi) is 5.07. The summed E-state index contributed by atoms with van der Waals surface area (Å²) in [4.78, 5) is 14.4. The van der Waals surface area contributed by atoms with Crippen molar-refractivity contribution in [3.05, 3.63) is 23.8 Å². The van der Waals surface area contributed by atoms with Gasteiger partial charge in [-0.1, -0.05) is 0 Å². The quantitative estimate of drug-likeness (QED) is 0.831. The van der Waals surface area contributed by atoms with E-state index in [0.29, 0.717) is 36.7 Å². The van der Waals surface area contributed by atoms with Gasteiger partial charge in [-0.05, 0) is 44.7 Å². The van der Waals surface area contributed by atoms with Gasteiger partial charge in [0, 0.05) is 30.4 Å². The molecule has 1 heterocycles. The average molecular weight is 292 g/mol. The van der Waals surface area contributed by atoms with E-state index in [4.69, 9.17) is 10.5 Å². The second kappa shape index (κ2) is 6.80. The molecule has 1 aromatic carbocycles. The van der Waals surface area contributed by atoms with Gasteiger partial charge in [0.25, 0.3) is 5.91 Å². The number of aliphatic hydroxyl groups excluding tert-OH is 1. The van der Waals surface area contributed by atoms with Crippen LogP contribution in [-0.2, 0) is 0 Å². The molecule has 1 amide bonds. The molecule has 1 unspecified atom stereocenters. The fourth-order valence-corrected chi connectivity index (χ4v) is 2.76. The topological polar surface area (TPSA) is 75.8 Å². The van der Waals surface area contributed by atoms with Gasteiger partial charge in [0.15, 0.2) is 0 Å². The minimum Gasteiger partial charge on any atom is -0.494 e. The number of carbonyl (C=O) groups excluding carboxylic acids is 1. The van der Waals surface area contributed by atoms with Gasteiger partial charge >= 0.3 is 0 Å². The van der Waals surface area contributed by atoms with Crippen LogP contribution in [0.1, 0.15) is 37.0 Å². The highest BCUT2D eigenvalue weighted by Crippen LogP contribution is 2.24. The van der Waals surface area contributed by atoms with Gasteiger partial charge < -0.3 is 20.5 Å². The molecule has 1 saturated heterocycles. The molecule has 3 N–H and O–H groups in total. The first-order valence-electron chi connectivity index (χ1n) is 7.52. The van der Waals surface area contributed by atoms with E-state index in [1.54, 1.807) is 18.2 Å². The molecule has 1 aromatic rings. The lowest BCUT2D eigenvalue weighted by atomic mass is 9.92. The van der Waals surface area contributed by atoms with Crippen molar-refractivity contribution >= 4 is 11.6 Å². The largest absolute Gasteiger partial charge is 0.494 e. The fourth-order valence-electron chi connectivity index (χ4n) is 2.76. The summed E-state index contributed by atoms with van der Waals surface area (Å²) in [5, 5.41) is 9.61.